The number of hydrogen-bond donors (Lipinski definition) is 1. The Morgan fingerprint density at radius 3 is 2.36 bits per heavy atom. The van der Waals surface area contributed by atoms with E-state index in [1.165, 1.54) is 10.6 Å². The number of hydrogen-bond acceptors (Lipinski definition) is 5. The molecule has 25 heavy (non-hydrogen) atoms. The maximum absolute atomic E-state index is 12.5. The number of piperazine rings is 1. The molecule has 1 aliphatic heterocycles. The van der Waals surface area contributed by atoms with Crippen LogP contribution in [-0.2, 0) is 11.3 Å². The van der Waals surface area contributed by atoms with Gasteiger partial charge < -0.3 is 14.9 Å². The Labute approximate surface area is 148 Å². The van der Waals surface area contributed by atoms with Gasteiger partial charge in [-0.2, -0.15) is 0 Å². The van der Waals surface area contributed by atoms with Gasteiger partial charge in [-0.05, 0) is 19.1 Å². The molecule has 0 bridgehead atoms. The lowest BCUT2D eigenvalue weighted by molar-refractivity contribution is -0.133. The van der Waals surface area contributed by atoms with Gasteiger partial charge in [0.05, 0.1) is 5.56 Å². The largest absolute Gasteiger partial charge is 0.507 e. The molecule has 1 fully saturated rings. The second-order valence-electron chi connectivity index (χ2n) is 5.92. The van der Waals surface area contributed by atoms with Crippen molar-refractivity contribution in [1.82, 2.24) is 14.4 Å². The molecule has 3 rings (SSSR count). The molecule has 0 spiro atoms. The molecular formula is C17H19N3O4S. The molecule has 2 aromatic rings. The maximum atomic E-state index is 12.5. The summed E-state index contributed by atoms with van der Waals surface area (Å²) in [6.07, 6.45) is 0. The summed E-state index contributed by atoms with van der Waals surface area (Å²) in [6, 6.07) is 6.43. The summed E-state index contributed by atoms with van der Waals surface area (Å²) in [5.41, 5.74) is 1.04. The molecule has 1 saturated heterocycles. The molecule has 1 aromatic carbocycles. The van der Waals surface area contributed by atoms with Crippen molar-refractivity contribution in [3.05, 3.63) is 50.6 Å². The Balaban J connectivity index is 1.60. The van der Waals surface area contributed by atoms with Crippen LogP contribution in [0.15, 0.2) is 34.4 Å². The zero-order valence-electron chi connectivity index (χ0n) is 13.8. The molecule has 8 heteroatoms. The van der Waals surface area contributed by atoms with Gasteiger partial charge in [-0.1, -0.05) is 23.5 Å². The number of amides is 2. The van der Waals surface area contributed by atoms with E-state index in [-0.39, 0.29) is 34.5 Å². The lowest BCUT2D eigenvalue weighted by Crippen LogP contribution is -2.51. The molecule has 1 aliphatic rings. The van der Waals surface area contributed by atoms with Crippen LogP contribution in [0.5, 0.6) is 5.75 Å². The fourth-order valence-corrected chi connectivity index (χ4v) is 3.55. The SMILES string of the molecule is Cc1csc(=O)n1CC(=O)N1CCN(C(=O)c2ccccc2O)CC1. The lowest BCUT2D eigenvalue weighted by Gasteiger charge is -2.35. The molecule has 0 saturated carbocycles. The highest BCUT2D eigenvalue weighted by atomic mass is 32.1. The summed E-state index contributed by atoms with van der Waals surface area (Å²) in [5, 5.41) is 11.5. The number of phenolic OH excluding ortho intramolecular Hbond substituents is 1. The smallest absolute Gasteiger partial charge is 0.307 e. The maximum Gasteiger partial charge on any atom is 0.307 e. The van der Waals surface area contributed by atoms with Crippen LogP contribution in [0.2, 0.25) is 0 Å². The number of thiazole rings is 1. The van der Waals surface area contributed by atoms with Crippen LogP contribution in [0.25, 0.3) is 0 Å². The Morgan fingerprint density at radius 1 is 1.12 bits per heavy atom. The lowest BCUT2D eigenvalue weighted by atomic mass is 10.1. The van der Waals surface area contributed by atoms with Gasteiger partial charge in [0.25, 0.3) is 5.91 Å². The van der Waals surface area contributed by atoms with Crippen LogP contribution in [-0.4, -0.2) is 57.5 Å². The Morgan fingerprint density at radius 2 is 1.76 bits per heavy atom. The molecule has 1 aromatic heterocycles. The highest BCUT2D eigenvalue weighted by molar-refractivity contribution is 7.07. The van der Waals surface area contributed by atoms with Crippen molar-refractivity contribution in [2.45, 2.75) is 13.5 Å². The molecular weight excluding hydrogens is 342 g/mol. The first-order valence-corrected chi connectivity index (χ1v) is 8.85. The van der Waals surface area contributed by atoms with Gasteiger partial charge in [0.15, 0.2) is 0 Å². The van der Waals surface area contributed by atoms with E-state index in [9.17, 15) is 19.5 Å². The van der Waals surface area contributed by atoms with Gasteiger partial charge >= 0.3 is 4.87 Å². The summed E-state index contributed by atoms with van der Waals surface area (Å²) >= 11 is 1.08. The predicted molar refractivity (Wildman–Crippen MR) is 93.9 cm³/mol. The number of rotatable bonds is 3. The van der Waals surface area contributed by atoms with Crippen LogP contribution < -0.4 is 4.87 Å². The first kappa shape index (κ1) is 17.2. The molecule has 0 unspecified atom stereocenters. The second kappa shape index (κ2) is 7.10. The number of carbonyl (C=O) groups is 2. The minimum atomic E-state index is -0.241. The van der Waals surface area contributed by atoms with Gasteiger partial charge in [0.2, 0.25) is 5.91 Å². The molecule has 1 N–H and O–H groups in total. The first-order valence-electron chi connectivity index (χ1n) is 7.97. The van der Waals surface area contributed by atoms with Crippen molar-refractivity contribution in [1.29, 1.82) is 0 Å². The number of phenols is 1. The van der Waals surface area contributed by atoms with Crippen molar-refractivity contribution in [3.63, 3.8) is 0 Å². The average Bonchev–Trinajstić information content (AvgIpc) is 2.93. The third-order valence-electron chi connectivity index (χ3n) is 4.32. The zero-order valence-corrected chi connectivity index (χ0v) is 14.7. The van der Waals surface area contributed by atoms with Crippen molar-refractivity contribution in [3.8, 4) is 5.75 Å². The fraction of sp³-hybridized carbons (Fsp3) is 0.353. The molecule has 7 nitrogen and oxygen atoms in total. The third kappa shape index (κ3) is 3.58. The van der Waals surface area contributed by atoms with Crippen molar-refractivity contribution >= 4 is 23.2 Å². The van der Waals surface area contributed by atoms with Gasteiger partial charge in [-0.15, -0.1) is 0 Å². The highest BCUT2D eigenvalue weighted by Crippen LogP contribution is 2.18. The van der Waals surface area contributed by atoms with Gasteiger partial charge in [-0.25, -0.2) is 0 Å². The fourth-order valence-electron chi connectivity index (χ4n) is 2.82. The Kier molecular flexibility index (Phi) is 4.89. The van der Waals surface area contributed by atoms with Crippen molar-refractivity contribution in [2.75, 3.05) is 26.2 Å². The van der Waals surface area contributed by atoms with E-state index in [1.54, 1.807) is 40.3 Å². The van der Waals surface area contributed by atoms with Gasteiger partial charge in [0.1, 0.15) is 12.3 Å². The van der Waals surface area contributed by atoms with Crippen molar-refractivity contribution < 1.29 is 14.7 Å². The molecule has 132 valence electrons. The topological polar surface area (TPSA) is 82.9 Å². The van der Waals surface area contributed by atoms with Gasteiger partial charge in [-0.3, -0.25) is 19.0 Å². The van der Waals surface area contributed by atoms with Crippen molar-refractivity contribution in [2.24, 2.45) is 0 Å². The highest BCUT2D eigenvalue weighted by Gasteiger charge is 2.26. The minimum Gasteiger partial charge on any atom is -0.507 e. The van der Waals surface area contributed by atoms with E-state index in [1.807, 2.05) is 0 Å². The van der Waals surface area contributed by atoms with E-state index in [0.29, 0.717) is 26.2 Å². The summed E-state index contributed by atoms with van der Waals surface area (Å²) in [5.74, 6) is -0.410. The van der Waals surface area contributed by atoms with E-state index in [4.69, 9.17) is 0 Å². The van der Waals surface area contributed by atoms with Gasteiger partial charge in [0, 0.05) is 37.3 Å². The summed E-state index contributed by atoms with van der Waals surface area (Å²) in [4.78, 5) is 39.7. The molecule has 2 heterocycles. The number of aromatic nitrogens is 1. The van der Waals surface area contributed by atoms with E-state index in [0.717, 1.165) is 17.0 Å². The predicted octanol–water partition coefficient (Wildman–Crippen LogP) is 0.908. The molecule has 0 atom stereocenters. The van der Waals surface area contributed by atoms with Crippen LogP contribution in [0.4, 0.5) is 0 Å². The first-order chi connectivity index (χ1) is 12.0. The normalized spacial score (nSPS) is 14.6. The molecule has 0 radical (unpaired) electrons. The minimum absolute atomic E-state index is 0.0294. The summed E-state index contributed by atoms with van der Waals surface area (Å²) < 4.78 is 1.46. The average molecular weight is 361 g/mol. The van der Waals surface area contributed by atoms with Crippen LogP contribution in [0.1, 0.15) is 16.1 Å². The molecule has 2 amide bonds. The standard InChI is InChI=1S/C17H19N3O4S/c1-12-11-25-17(24)20(12)10-15(22)18-6-8-19(9-7-18)16(23)13-4-2-3-5-14(13)21/h2-5,11,21H,6-10H2,1H3. The number of para-hydroxylation sites is 1. The van der Waals surface area contributed by atoms with Crippen LogP contribution >= 0.6 is 11.3 Å². The Bertz CT molecular complexity index is 850. The van der Waals surface area contributed by atoms with Crippen LogP contribution in [0.3, 0.4) is 0 Å². The second-order valence-corrected chi connectivity index (χ2v) is 6.74. The number of benzene rings is 1. The van der Waals surface area contributed by atoms with E-state index in [2.05, 4.69) is 0 Å². The summed E-state index contributed by atoms with van der Waals surface area (Å²) in [7, 11) is 0. The number of aromatic hydroxyl groups is 1. The quantitative estimate of drug-likeness (QED) is 0.881. The Hall–Kier alpha value is -2.61. The monoisotopic (exact) mass is 361 g/mol. The number of aryl methyl sites for hydroxylation is 1. The molecule has 0 aliphatic carbocycles. The number of carbonyl (C=O) groups excluding carboxylic acids is 2. The summed E-state index contributed by atoms with van der Waals surface area (Å²) in [6.45, 7) is 3.45. The number of nitrogens with zero attached hydrogens (tertiary/aromatic N) is 3. The third-order valence-corrected chi connectivity index (χ3v) is 5.20. The zero-order chi connectivity index (χ0) is 18.0. The van der Waals surface area contributed by atoms with Crippen LogP contribution in [0, 0.1) is 6.92 Å². The van der Waals surface area contributed by atoms with E-state index >= 15 is 0 Å². The van der Waals surface area contributed by atoms with E-state index < -0.39 is 0 Å².